The molecule has 0 fully saturated rings. The average molecular weight is 194 g/mol. The molecule has 0 amide bonds. The molecule has 0 saturated carbocycles. The van der Waals surface area contributed by atoms with Crippen LogP contribution in [0.1, 0.15) is 31.1 Å². The molecule has 76 valence electrons. The van der Waals surface area contributed by atoms with E-state index in [4.69, 9.17) is 4.74 Å². The van der Waals surface area contributed by atoms with Crippen LogP contribution in [-0.2, 0) is 11.3 Å². The van der Waals surface area contributed by atoms with Crippen LogP contribution in [0.3, 0.4) is 0 Å². The van der Waals surface area contributed by atoms with Gasteiger partial charge in [0.15, 0.2) is 0 Å². The molecular formula is C11H14O3. The van der Waals surface area contributed by atoms with Crippen molar-refractivity contribution in [1.29, 1.82) is 0 Å². The van der Waals surface area contributed by atoms with Crippen molar-refractivity contribution in [3.63, 3.8) is 0 Å². The lowest BCUT2D eigenvalue weighted by Gasteiger charge is -2.25. The van der Waals surface area contributed by atoms with E-state index in [2.05, 4.69) is 0 Å². The number of hydrogen-bond acceptors (Lipinski definition) is 3. The summed E-state index contributed by atoms with van der Waals surface area (Å²) in [4.78, 5) is 0. The SMILES string of the molecule is CC(C)(O)C1OCc2cc(O)ccc21. The van der Waals surface area contributed by atoms with Gasteiger partial charge in [0.1, 0.15) is 11.9 Å². The number of hydrogen-bond donors (Lipinski definition) is 2. The number of phenolic OH excluding ortho intramolecular Hbond substituents is 1. The predicted octanol–water partition coefficient (Wildman–Crippen LogP) is 1.73. The van der Waals surface area contributed by atoms with Crippen LogP contribution in [0.2, 0.25) is 0 Å². The fourth-order valence-electron chi connectivity index (χ4n) is 1.82. The first-order chi connectivity index (χ1) is 6.48. The first-order valence-corrected chi connectivity index (χ1v) is 4.64. The molecule has 1 aliphatic rings. The van der Waals surface area contributed by atoms with Crippen LogP contribution in [0.5, 0.6) is 5.75 Å². The Balaban J connectivity index is 2.41. The fourth-order valence-corrected chi connectivity index (χ4v) is 1.82. The minimum absolute atomic E-state index is 0.240. The van der Waals surface area contributed by atoms with Gasteiger partial charge in [-0.3, -0.25) is 0 Å². The number of ether oxygens (including phenoxy) is 1. The van der Waals surface area contributed by atoms with Crippen molar-refractivity contribution in [2.75, 3.05) is 0 Å². The zero-order valence-electron chi connectivity index (χ0n) is 8.32. The summed E-state index contributed by atoms with van der Waals surface area (Å²) >= 11 is 0. The Labute approximate surface area is 83.0 Å². The Morgan fingerprint density at radius 1 is 1.43 bits per heavy atom. The largest absolute Gasteiger partial charge is 0.508 e. The monoisotopic (exact) mass is 194 g/mol. The van der Waals surface area contributed by atoms with Crippen LogP contribution in [0, 0.1) is 0 Å². The maximum Gasteiger partial charge on any atom is 0.115 e. The van der Waals surface area contributed by atoms with Crippen LogP contribution in [0.25, 0.3) is 0 Å². The number of rotatable bonds is 1. The Morgan fingerprint density at radius 3 is 2.79 bits per heavy atom. The summed E-state index contributed by atoms with van der Waals surface area (Å²) in [6.45, 7) is 3.90. The van der Waals surface area contributed by atoms with Crippen molar-refractivity contribution in [2.24, 2.45) is 0 Å². The normalized spacial score (nSPS) is 20.9. The molecule has 1 aliphatic heterocycles. The van der Waals surface area contributed by atoms with Crippen LogP contribution in [0.4, 0.5) is 0 Å². The number of phenols is 1. The van der Waals surface area contributed by atoms with E-state index in [1.54, 1.807) is 32.0 Å². The minimum atomic E-state index is -0.887. The maximum atomic E-state index is 9.85. The standard InChI is InChI=1S/C11H14O3/c1-11(2,13)10-9-4-3-8(12)5-7(9)6-14-10/h3-5,10,12-13H,6H2,1-2H3. The molecule has 1 aromatic carbocycles. The molecule has 1 unspecified atom stereocenters. The second kappa shape index (κ2) is 2.97. The van der Waals surface area contributed by atoms with Gasteiger partial charge in [0.2, 0.25) is 0 Å². The van der Waals surface area contributed by atoms with E-state index >= 15 is 0 Å². The molecule has 0 radical (unpaired) electrons. The van der Waals surface area contributed by atoms with Gasteiger partial charge in [0.05, 0.1) is 12.2 Å². The van der Waals surface area contributed by atoms with Crippen LogP contribution in [-0.4, -0.2) is 15.8 Å². The summed E-state index contributed by atoms with van der Waals surface area (Å²) in [7, 11) is 0. The van der Waals surface area contributed by atoms with E-state index in [1.165, 1.54) is 0 Å². The van der Waals surface area contributed by atoms with Gasteiger partial charge < -0.3 is 14.9 Å². The first-order valence-electron chi connectivity index (χ1n) is 4.64. The molecule has 0 bridgehead atoms. The number of aliphatic hydroxyl groups is 1. The van der Waals surface area contributed by atoms with E-state index in [0.717, 1.165) is 11.1 Å². The Hall–Kier alpha value is -1.06. The van der Waals surface area contributed by atoms with Gasteiger partial charge in [0, 0.05) is 0 Å². The second-order valence-corrected chi connectivity index (χ2v) is 4.23. The van der Waals surface area contributed by atoms with Gasteiger partial charge in [0.25, 0.3) is 0 Å². The van der Waals surface area contributed by atoms with Gasteiger partial charge in [-0.25, -0.2) is 0 Å². The van der Waals surface area contributed by atoms with Crippen LogP contribution < -0.4 is 0 Å². The molecule has 2 N–H and O–H groups in total. The van der Waals surface area contributed by atoms with Crippen molar-refractivity contribution in [3.05, 3.63) is 29.3 Å². The molecule has 1 heterocycles. The third kappa shape index (κ3) is 1.49. The minimum Gasteiger partial charge on any atom is -0.508 e. The molecule has 1 atom stereocenters. The summed E-state index contributed by atoms with van der Waals surface area (Å²) < 4.78 is 5.48. The topological polar surface area (TPSA) is 49.7 Å². The molecule has 0 aromatic heterocycles. The highest BCUT2D eigenvalue weighted by Crippen LogP contribution is 2.39. The lowest BCUT2D eigenvalue weighted by atomic mass is 9.93. The van der Waals surface area contributed by atoms with Crippen LogP contribution >= 0.6 is 0 Å². The molecule has 2 rings (SSSR count). The maximum absolute atomic E-state index is 9.85. The Morgan fingerprint density at radius 2 is 2.14 bits per heavy atom. The number of benzene rings is 1. The van der Waals surface area contributed by atoms with Crippen LogP contribution in [0.15, 0.2) is 18.2 Å². The van der Waals surface area contributed by atoms with E-state index < -0.39 is 5.60 Å². The highest BCUT2D eigenvalue weighted by molar-refractivity contribution is 5.38. The van der Waals surface area contributed by atoms with Crippen molar-refractivity contribution in [3.8, 4) is 5.75 Å². The molecule has 0 saturated heterocycles. The summed E-state index contributed by atoms with van der Waals surface area (Å²) in [5, 5.41) is 19.1. The summed E-state index contributed by atoms with van der Waals surface area (Å²) in [6.07, 6.45) is -0.293. The summed E-state index contributed by atoms with van der Waals surface area (Å²) in [5.74, 6) is 0.240. The zero-order chi connectivity index (χ0) is 10.3. The molecule has 1 aromatic rings. The predicted molar refractivity (Wildman–Crippen MR) is 51.9 cm³/mol. The summed E-state index contributed by atoms with van der Waals surface area (Å²) in [5.41, 5.74) is 1.04. The second-order valence-electron chi connectivity index (χ2n) is 4.23. The molecule has 0 aliphatic carbocycles. The van der Waals surface area contributed by atoms with E-state index in [9.17, 15) is 10.2 Å². The van der Waals surface area contributed by atoms with Gasteiger partial charge in [-0.2, -0.15) is 0 Å². The van der Waals surface area contributed by atoms with Crippen molar-refractivity contribution < 1.29 is 14.9 Å². The first kappa shape index (κ1) is 9.49. The van der Waals surface area contributed by atoms with Crippen molar-refractivity contribution >= 4 is 0 Å². The summed E-state index contributed by atoms with van der Waals surface area (Å²) in [6, 6.07) is 5.10. The highest BCUT2D eigenvalue weighted by Gasteiger charge is 2.35. The number of aromatic hydroxyl groups is 1. The van der Waals surface area contributed by atoms with Crippen molar-refractivity contribution in [2.45, 2.75) is 32.2 Å². The average Bonchev–Trinajstić information content (AvgIpc) is 2.45. The van der Waals surface area contributed by atoms with E-state index in [-0.39, 0.29) is 11.9 Å². The zero-order valence-corrected chi connectivity index (χ0v) is 8.32. The molecular weight excluding hydrogens is 180 g/mol. The Kier molecular flexibility index (Phi) is 2.01. The van der Waals surface area contributed by atoms with E-state index in [0.29, 0.717) is 6.61 Å². The third-order valence-corrected chi connectivity index (χ3v) is 2.46. The van der Waals surface area contributed by atoms with Gasteiger partial charge >= 0.3 is 0 Å². The number of fused-ring (bicyclic) bond motifs is 1. The highest BCUT2D eigenvalue weighted by atomic mass is 16.5. The molecule has 3 heteroatoms. The Bertz CT molecular complexity index is 352. The lowest BCUT2D eigenvalue weighted by molar-refractivity contribution is -0.0830. The fraction of sp³-hybridized carbons (Fsp3) is 0.455. The van der Waals surface area contributed by atoms with Gasteiger partial charge in [-0.15, -0.1) is 0 Å². The molecule has 3 nitrogen and oxygen atoms in total. The molecule has 0 spiro atoms. The smallest absolute Gasteiger partial charge is 0.115 e. The van der Waals surface area contributed by atoms with Gasteiger partial charge in [-0.1, -0.05) is 6.07 Å². The third-order valence-electron chi connectivity index (χ3n) is 2.46. The van der Waals surface area contributed by atoms with Crippen molar-refractivity contribution in [1.82, 2.24) is 0 Å². The molecule has 14 heavy (non-hydrogen) atoms. The quantitative estimate of drug-likeness (QED) is 0.715. The van der Waals surface area contributed by atoms with E-state index in [1.807, 2.05) is 0 Å². The van der Waals surface area contributed by atoms with Gasteiger partial charge in [-0.05, 0) is 37.1 Å². The lowest BCUT2D eigenvalue weighted by Crippen LogP contribution is -2.28.